The molecule has 3 aromatic carbocycles. The number of hydrogen-bond donors (Lipinski definition) is 2. The van der Waals surface area contributed by atoms with Gasteiger partial charge in [0.15, 0.2) is 5.11 Å². The van der Waals surface area contributed by atoms with E-state index in [0.29, 0.717) is 11.1 Å². The van der Waals surface area contributed by atoms with Crippen LogP contribution in [0, 0.1) is 0 Å². The third-order valence-electron chi connectivity index (χ3n) is 4.24. The Morgan fingerprint density at radius 1 is 0.793 bits per heavy atom. The van der Waals surface area contributed by atoms with Crippen molar-refractivity contribution in [3.8, 4) is 0 Å². The van der Waals surface area contributed by atoms with E-state index in [1.165, 1.54) is 12.1 Å². The molecule has 0 saturated heterocycles. The number of rotatable bonds is 4. The Morgan fingerprint density at radius 2 is 1.31 bits per heavy atom. The fourth-order valence-electron chi connectivity index (χ4n) is 2.80. The van der Waals surface area contributed by atoms with E-state index in [4.69, 9.17) is 12.2 Å². The Labute approximate surface area is 171 Å². The fraction of sp³-hybridized carbons (Fsp3) is 0.0909. The van der Waals surface area contributed by atoms with Crippen molar-refractivity contribution in [1.29, 1.82) is 0 Å². The van der Waals surface area contributed by atoms with E-state index in [-0.39, 0.29) is 11.0 Å². The van der Waals surface area contributed by atoms with Crippen LogP contribution in [0.25, 0.3) is 0 Å². The normalized spacial score (nSPS) is 12.1. The van der Waals surface area contributed by atoms with Gasteiger partial charge in [-0.3, -0.25) is 10.1 Å². The van der Waals surface area contributed by atoms with Crippen LogP contribution >= 0.6 is 12.2 Å². The van der Waals surface area contributed by atoms with Gasteiger partial charge in [0.1, 0.15) is 0 Å². The van der Waals surface area contributed by atoms with E-state index < -0.39 is 17.8 Å². The molecule has 0 aliphatic rings. The first-order valence-electron chi connectivity index (χ1n) is 8.73. The van der Waals surface area contributed by atoms with Gasteiger partial charge >= 0.3 is 6.18 Å². The van der Waals surface area contributed by atoms with Gasteiger partial charge in [0.05, 0.1) is 11.6 Å². The highest BCUT2D eigenvalue weighted by atomic mass is 32.1. The summed E-state index contributed by atoms with van der Waals surface area (Å²) in [5, 5.41) is 5.71. The summed E-state index contributed by atoms with van der Waals surface area (Å²) in [6, 6.07) is 22.0. The minimum atomic E-state index is -4.41. The van der Waals surface area contributed by atoms with Crippen LogP contribution in [0.15, 0.2) is 84.9 Å². The highest BCUT2D eigenvalue weighted by Gasteiger charge is 2.30. The number of alkyl halides is 3. The number of carbonyl (C=O) groups excluding carboxylic acids is 1. The highest BCUT2D eigenvalue weighted by Crippen LogP contribution is 2.31. The SMILES string of the molecule is O=C(NC(=S)N[C@H](c1ccccc1)c1ccc(C(F)(F)F)cc1)c1ccccc1. The standard InChI is InChI=1S/C22H17F3N2OS/c23-22(24,25)18-13-11-16(12-14-18)19(15-7-3-1-4-8-15)26-21(29)27-20(28)17-9-5-2-6-10-17/h1-14,19H,(H2,26,27,28,29)/t19-/m1/s1. The molecule has 0 aliphatic heterocycles. The monoisotopic (exact) mass is 414 g/mol. The highest BCUT2D eigenvalue weighted by molar-refractivity contribution is 7.80. The molecule has 3 aromatic rings. The Kier molecular flexibility index (Phi) is 6.29. The molecule has 0 heterocycles. The van der Waals surface area contributed by atoms with E-state index in [1.54, 1.807) is 30.3 Å². The van der Waals surface area contributed by atoms with Crippen molar-refractivity contribution in [3.05, 3.63) is 107 Å². The van der Waals surface area contributed by atoms with E-state index in [9.17, 15) is 18.0 Å². The van der Waals surface area contributed by atoms with Crippen LogP contribution in [0.3, 0.4) is 0 Å². The maximum atomic E-state index is 12.9. The quantitative estimate of drug-likeness (QED) is 0.584. The topological polar surface area (TPSA) is 41.1 Å². The lowest BCUT2D eigenvalue weighted by molar-refractivity contribution is -0.137. The van der Waals surface area contributed by atoms with Gasteiger partial charge in [0.25, 0.3) is 5.91 Å². The number of nitrogens with one attached hydrogen (secondary N) is 2. The van der Waals surface area contributed by atoms with Crippen LogP contribution in [0.5, 0.6) is 0 Å². The Bertz CT molecular complexity index is 974. The number of benzene rings is 3. The van der Waals surface area contributed by atoms with Gasteiger partial charge in [0, 0.05) is 5.56 Å². The van der Waals surface area contributed by atoms with E-state index in [1.807, 2.05) is 30.3 Å². The summed E-state index contributed by atoms with van der Waals surface area (Å²) in [6.07, 6.45) is -4.41. The minimum Gasteiger partial charge on any atom is -0.351 e. The zero-order chi connectivity index (χ0) is 20.9. The third kappa shape index (κ3) is 5.42. The van der Waals surface area contributed by atoms with Gasteiger partial charge in [-0.05, 0) is 47.6 Å². The zero-order valence-corrected chi connectivity index (χ0v) is 15.9. The van der Waals surface area contributed by atoms with Gasteiger partial charge in [-0.2, -0.15) is 13.2 Å². The van der Waals surface area contributed by atoms with E-state index in [2.05, 4.69) is 10.6 Å². The first-order chi connectivity index (χ1) is 13.8. The second kappa shape index (κ2) is 8.87. The van der Waals surface area contributed by atoms with Crippen molar-refractivity contribution in [2.45, 2.75) is 12.2 Å². The summed E-state index contributed by atoms with van der Waals surface area (Å²) in [4.78, 5) is 12.3. The van der Waals surface area contributed by atoms with Crippen molar-refractivity contribution in [3.63, 3.8) is 0 Å². The molecular formula is C22H17F3N2OS. The second-order valence-electron chi connectivity index (χ2n) is 6.26. The minimum absolute atomic E-state index is 0.0765. The summed E-state index contributed by atoms with van der Waals surface area (Å²) >= 11 is 5.27. The summed E-state index contributed by atoms with van der Waals surface area (Å²) in [5.41, 5.74) is 1.10. The number of hydrogen-bond acceptors (Lipinski definition) is 2. The maximum absolute atomic E-state index is 12.9. The molecule has 148 valence electrons. The molecule has 0 unspecified atom stereocenters. The summed E-state index contributed by atoms with van der Waals surface area (Å²) < 4.78 is 38.6. The summed E-state index contributed by atoms with van der Waals surface area (Å²) in [5.74, 6) is -0.373. The van der Waals surface area contributed by atoms with Crippen molar-refractivity contribution in [2.24, 2.45) is 0 Å². The lowest BCUT2D eigenvalue weighted by atomic mass is 9.98. The number of thiocarbonyl (C=S) groups is 1. The zero-order valence-electron chi connectivity index (χ0n) is 15.1. The largest absolute Gasteiger partial charge is 0.416 e. The average molecular weight is 414 g/mol. The van der Waals surface area contributed by atoms with Gasteiger partial charge in [-0.1, -0.05) is 60.7 Å². The fourth-order valence-corrected chi connectivity index (χ4v) is 3.01. The molecule has 0 spiro atoms. The predicted molar refractivity (Wildman–Crippen MR) is 109 cm³/mol. The van der Waals surface area contributed by atoms with Crippen LogP contribution in [-0.2, 0) is 6.18 Å². The molecular weight excluding hydrogens is 397 g/mol. The molecule has 0 fully saturated rings. The Morgan fingerprint density at radius 3 is 1.86 bits per heavy atom. The van der Waals surface area contributed by atoms with Crippen molar-refractivity contribution >= 4 is 23.2 Å². The molecule has 7 heteroatoms. The van der Waals surface area contributed by atoms with Crippen molar-refractivity contribution in [2.75, 3.05) is 0 Å². The molecule has 0 bridgehead atoms. The van der Waals surface area contributed by atoms with Gasteiger partial charge < -0.3 is 5.32 Å². The van der Waals surface area contributed by atoms with Gasteiger partial charge in [0.2, 0.25) is 0 Å². The van der Waals surface area contributed by atoms with Crippen LogP contribution in [0.4, 0.5) is 13.2 Å². The van der Waals surface area contributed by atoms with Crippen LogP contribution in [-0.4, -0.2) is 11.0 Å². The summed E-state index contributed by atoms with van der Waals surface area (Å²) in [6.45, 7) is 0. The molecule has 3 rings (SSSR count). The van der Waals surface area contributed by atoms with Crippen LogP contribution in [0.1, 0.15) is 33.1 Å². The van der Waals surface area contributed by atoms with E-state index in [0.717, 1.165) is 17.7 Å². The molecule has 0 aromatic heterocycles. The van der Waals surface area contributed by atoms with Crippen molar-refractivity contribution in [1.82, 2.24) is 10.6 Å². The molecule has 29 heavy (non-hydrogen) atoms. The second-order valence-corrected chi connectivity index (χ2v) is 6.67. The van der Waals surface area contributed by atoms with Crippen molar-refractivity contribution < 1.29 is 18.0 Å². The summed E-state index contributed by atoms with van der Waals surface area (Å²) in [7, 11) is 0. The first-order valence-corrected chi connectivity index (χ1v) is 9.14. The Hall–Kier alpha value is -3.19. The third-order valence-corrected chi connectivity index (χ3v) is 4.46. The number of halogens is 3. The molecule has 3 nitrogen and oxygen atoms in total. The lowest BCUT2D eigenvalue weighted by Gasteiger charge is -2.22. The molecule has 2 N–H and O–H groups in total. The molecule has 0 aliphatic carbocycles. The van der Waals surface area contributed by atoms with Crippen LogP contribution < -0.4 is 10.6 Å². The molecule has 0 radical (unpaired) electrons. The molecule has 1 atom stereocenters. The Balaban J connectivity index is 1.81. The first kappa shape index (κ1) is 20.5. The number of amides is 1. The van der Waals surface area contributed by atoms with Crippen LogP contribution in [0.2, 0.25) is 0 Å². The van der Waals surface area contributed by atoms with Gasteiger partial charge in [-0.15, -0.1) is 0 Å². The average Bonchev–Trinajstić information content (AvgIpc) is 2.73. The lowest BCUT2D eigenvalue weighted by Crippen LogP contribution is -2.41. The maximum Gasteiger partial charge on any atom is 0.416 e. The predicted octanol–water partition coefficient (Wildman–Crippen LogP) is 5.10. The molecule has 0 saturated carbocycles. The number of carbonyl (C=O) groups is 1. The van der Waals surface area contributed by atoms with E-state index >= 15 is 0 Å². The van der Waals surface area contributed by atoms with Gasteiger partial charge in [-0.25, -0.2) is 0 Å². The molecule has 1 amide bonds. The smallest absolute Gasteiger partial charge is 0.351 e.